The molecule has 2 aromatic carbocycles. The van der Waals surface area contributed by atoms with E-state index < -0.39 is 0 Å². The van der Waals surface area contributed by atoms with Crippen LogP contribution in [0.3, 0.4) is 0 Å². The molecule has 1 aliphatic rings. The quantitative estimate of drug-likeness (QED) is 0.476. The molecule has 4 rings (SSSR count). The summed E-state index contributed by atoms with van der Waals surface area (Å²) < 4.78 is 14.2. The van der Waals surface area contributed by atoms with Crippen molar-refractivity contribution in [1.29, 1.82) is 0 Å². The summed E-state index contributed by atoms with van der Waals surface area (Å²) in [5, 5.41) is 7.89. The predicted molar refractivity (Wildman–Crippen MR) is 122 cm³/mol. The Morgan fingerprint density at radius 1 is 1.03 bits per heavy atom. The molecule has 0 unspecified atom stereocenters. The lowest BCUT2D eigenvalue weighted by molar-refractivity contribution is -0.117. The summed E-state index contributed by atoms with van der Waals surface area (Å²) in [6.07, 6.45) is 1.97. The van der Waals surface area contributed by atoms with E-state index in [1.807, 2.05) is 16.3 Å². The number of rotatable bonds is 8. The number of carbonyl (C=O) groups excluding carboxylic acids is 2. The second kappa shape index (κ2) is 9.60. The molecule has 31 heavy (non-hydrogen) atoms. The van der Waals surface area contributed by atoms with Crippen molar-refractivity contribution in [2.45, 2.75) is 25.4 Å². The van der Waals surface area contributed by atoms with E-state index in [4.69, 9.17) is 11.6 Å². The number of amides is 2. The number of nitrogens with one attached hydrogen (secondary N) is 2. The Labute approximate surface area is 188 Å². The molecule has 1 saturated carbocycles. The van der Waals surface area contributed by atoms with Gasteiger partial charge in [0.15, 0.2) is 0 Å². The van der Waals surface area contributed by atoms with Crippen LogP contribution in [0, 0.1) is 5.82 Å². The van der Waals surface area contributed by atoms with Crippen LogP contribution in [0.1, 0.15) is 28.1 Å². The maximum Gasteiger partial charge on any atom is 0.265 e. The Morgan fingerprint density at radius 2 is 1.74 bits per heavy atom. The molecule has 0 bridgehead atoms. The van der Waals surface area contributed by atoms with E-state index in [0.29, 0.717) is 26.8 Å². The molecule has 0 atom stereocenters. The Kier molecular flexibility index (Phi) is 6.65. The lowest BCUT2D eigenvalue weighted by Gasteiger charge is -2.22. The number of carbonyl (C=O) groups is 2. The molecule has 0 radical (unpaired) electrons. The van der Waals surface area contributed by atoms with Crippen molar-refractivity contribution in [3.8, 4) is 0 Å². The molecule has 3 aromatic rings. The van der Waals surface area contributed by atoms with E-state index in [-0.39, 0.29) is 36.8 Å². The first kappa shape index (κ1) is 21.5. The fourth-order valence-electron chi connectivity index (χ4n) is 3.26. The summed E-state index contributed by atoms with van der Waals surface area (Å²) in [6.45, 7) is 0.434. The molecular weight excluding hydrogens is 437 g/mol. The van der Waals surface area contributed by atoms with Gasteiger partial charge in [0.05, 0.1) is 11.4 Å². The van der Waals surface area contributed by atoms with Gasteiger partial charge in [-0.2, -0.15) is 0 Å². The SMILES string of the molecule is O=C(CN(Cc1c(F)cccc1Cl)C1CC1)Nc1ccc(NC(=O)c2cccs2)cc1. The molecule has 5 nitrogen and oxygen atoms in total. The predicted octanol–water partition coefficient (Wildman–Crippen LogP) is 5.40. The molecule has 2 N–H and O–H groups in total. The topological polar surface area (TPSA) is 61.4 Å². The molecule has 1 aromatic heterocycles. The van der Waals surface area contributed by atoms with Gasteiger partial charge in [-0.3, -0.25) is 14.5 Å². The van der Waals surface area contributed by atoms with E-state index in [1.165, 1.54) is 17.4 Å². The Balaban J connectivity index is 1.34. The third kappa shape index (κ3) is 5.70. The average Bonchev–Trinajstić information content (AvgIpc) is 3.44. The highest BCUT2D eigenvalue weighted by molar-refractivity contribution is 7.12. The second-order valence-corrected chi connectivity index (χ2v) is 8.75. The molecule has 2 amide bonds. The van der Waals surface area contributed by atoms with Gasteiger partial charge in [-0.15, -0.1) is 11.3 Å². The molecule has 0 spiro atoms. The summed E-state index contributed by atoms with van der Waals surface area (Å²) >= 11 is 7.52. The molecule has 8 heteroatoms. The molecule has 1 heterocycles. The third-order valence-corrected chi connectivity index (χ3v) is 6.23. The summed E-state index contributed by atoms with van der Waals surface area (Å²) in [7, 11) is 0. The van der Waals surface area contributed by atoms with Crippen LogP contribution in [-0.4, -0.2) is 29.3 Å². The van der Waals surface area contributed by atoms with Crippen LogP contribution in [0.2, 0.25) is 5.02 Å². The fraction of sp³-hybridized carbons (Fsp3) is 0.217. The van der Waals surface area contributed by atoms with Crippen LogP contribution < -0.4 is 10.6 Å². The fourth-order valence-corrected chi connectivity index (χ4v) is 4.10. The highest BCUT2D eigenvalue weighted by Gasteiger charge is 2.31. The van der Waals surface area contributed by atoms with E-state index in [0.717, 1.165) is 12.8 Å². The average molecular weight is 458 g/mol. The van der Waals surface area contributed by atoms with Gasteiger partial charge in [-0.25, -0.2) is 4.39 Å². The second-order valence-electron chi connectivity index (χ2n) is 7.39. The Hall–Kier alpha value is -2.74. The van der Waals surface area contributed by atoms with Crippen molar-refractivity contribution in [3.63, 3.8) is 0 Å². The van der Waals surface area contributed by atoms with Gasteiger partial charge in [0.1, 0.15) is 5.82 Å². The number of thiophene rings is 1. The van der Waals surface area contributed by atoms with Gasteiger partial charge >= 0.3 is 0 Å². The van der Waals surface area contributed by atoms with Gasteiger partial charge in [0.2, 0.25) is 5.91 Å². The normalized spacial score (nSPS) is 13.3. The van der Waals surface area contributed by atoms with Crippen LogP contribution >= 0.6 is 22.9 Å². The highest BCUT2D eigenvalue weighted by Crippen LogP contribution is 2.30. The monoisotopic (exact) mass is 457 g/mol. The Bertz CT molecular complexity index is 1050. The van der Waals surface area contributed by atoms with Gasteiger partial charge in [0.25, 0.3) is 5.91 Å². The first-order valence-corrected chi connectivity index (χ1v) is 11.2. The molecule has 0 saturated heterocycles. The molecule has 160 valence electrons. The van der Waals surface area contributed by atoms with Crippen molar-refractivity contribution < 1.29 is 14.0 Å². The minimum absolute atomic E-state index is 0.145. The van der Waals surface area contributed by atoms with Crippen LogP contribution in [0.4, 0.5) is 15.8 Å². The van der Waals surface area contributed by atoms with Gasteiger partial charge < -0.3 is 10.6 Å². The zero-order valence-corrected chi connectivity index (χ0v) is 18.2. The zero-order chi connectivity index (χ0) is 21.8. The molecular formula is C23H21ClFN3O2S. The Morgan fingerprint density at radius 3 is 2.35 bits per heavy atom. The smallest absolute Gasteiger partial charge is 0.265 e. The van der Waals surface area contributed by atoms with Crippen LogP contribution in [-0.2, 0) is 11.3 Å². The van der Waals surface area contributed by atoms with Crippen LogP contribution in [0.15, 0.2) is 60.0 Å². The summed E-state index contributed by atoms with van der Waals surface area (Å²) in [5.74, 6) is -0.716. The lowest BCUT2D eigenvalue weighted by Crippen LogP contribution is -2.34. The summed E-state index contributed by atoms with van der Waals surface area (Å²) in [4.78, 5) is 27.3. The standard InChI is InChI=1S/C23H21ClFN3O2S/c24-19-3-1-4-20(25)18(19)13-28(17-10-11-17)14-22(29)26-15-6-8-16(9-7-15)27-23(30)21-5-2-12-31-21/h1-9,12,17H,10-11,13-14H2,(H,26,29)(H,27,30). The molecule has 1 aliphatic carbocycles. The molecule has 1 fully saturated rings. The van der Waals surface area contributed by atoms with Crippen molar-refractivity contribution in [3.05, 3.63) is 81.3 Å². The van der Waals surface area contributed by atoms with Crippen molar-refractivity contribution in [2.75, 3.05) is 17.2 Å². The number of halogens is 2. The van der Waals surface area contributed by atoms with E-state index in [9.17, 15) is 14.0 Å². The van der Waals surface area contributed by atoms with Gasteiger partial charge in [-0.1, -0.05) is 23.7 Å². The minimum atomic E-state index is -0.362. The van der Waals surface area contributed by atoms with E-state index >= 15 is 0 Å². The minimum Gasteiger partial charge on any atom is -0.325 e. The van der Waals surface area contributed by atoms with E-state index in [1.54, 1.807) is 42.5 Å². The first-order valence-electron chi connectivity index (χ1n) is 9.91. The lowest BCUT2D eigenvalue weighted by atomic mass is 10.2. The first-order chi connectivity index (χ1) is 15.0. The van der Waals surface area contributed by atoms with Crippen molar-refractivity contribution in [2.24, 2.45) is 0 Å². The maximum atomic E-state index is 14.2. The number of anilines is 2. The number of hydrogen-bond donors (Lipinski definition) is 2. The number of hydrogen-bond acceptors (Lipinski definition) is 4. The molecule has 0 aliphatic heterocycles. The number of benzene rings is 2. The summed E-state index contributed by atoms with van der Waals surface area (Å²) in [6, 6.07) is 15.4. The summed E-state index contributed by atoms with van der Waals surface area (Å²) in [5.41, 5.74) is 1.68. The third-order valence-electron chi connectivity index (χ3n) is 5.00. The highest BCUT2D eigenvalue weighted by atomic mass is 35.5. The van der Waals surface area contributed by atoms with Crippen LogP contribution in [0.25, 0.3) is 0 Å². The van der Waals surface area contributed by atoms with Crippen molar-refractivity contribution in [1.82, 2.24) is 4.90 Å². The van der Waals surface area contributed by atoms with Gasteiger partial charge in [-0.05, 0) is 60.7 Å². The maximum absolute atomic E-state index is 14.2. The van der Waals surface area contributed by atoms with Crippen LogP contribution in [0.5, 0.6) is 0 Å². The zero-order valence-electron chi connectivity index (χ0n) is 16.6. The largest absolute Gasteiger partial charge is 0.325 e. The van der Waals surface area contributed by atoms with Crippen molar-refractivity contribution >= 4 is 46.1 Å². The number of nitrogens with zero attached hydrogens (tertiary/aromatic N) is 1. The van der Waals surface area contributed by atoms with Gasteiger partial charge in [0, 0.05) is 34.5 Å². The van der Waals surface area contributed by atoms with E-state index in [2.05, 4.69) is 10.6 Å².